The largest absolute Gasteiger partial charge is 0.341 e. The Kier molecular flexibility index (Phi) is 6.58. The van der Waals surface area contributed by atoms with E-state index in [0.29, 0.717) is 10.9 Å². The molecule has 0 radical (unpaired) electrons. The smallest absolute Gasteiger partial charge is 0.233 e. The molecule has 3 aromatic rings. The van der Waals surface area contributed by atoms with Crippen molar-refractivity contribution >= 4 is 29.0 Å². The molecule has 3 aromatic heterocycles. The van der Waals surface area contributed by atoms with Crippen LogP contribution in [-0.4, -0.2) is 67.2 Å². The Morgan fingerprint density at radius 3 is 2.90 bits per heavy atom. The molecule has 1 saturated heterocycles. The number of imidazole rings is 1. The van der Waals surface area contributed by atoms with E-state index in [0.717, 1.165) is 55.5 Å². The summed E-state index contributed by atoms with van der Waals surface area (Å²) in [5.74, 6) is 1.58. The van der Waals surface area contributed by atoms with Gasteiger partial charge in [0, 0.05) is 51.8 Å². The van der Waals surface area contributed by atoms with Crippen LogP contribution in [0.3, 0.4) is 0 Å². The summed E-state index contributed by atoms with van der Waals surface area (Å²) in [6.45, 7) is 4.22. The van der Waals surface area contributed by atoms with Gasteiger partial charge in [-0.3, -0.25) is 9.69 Å². The van der Waals surface area contributed by atoms with E-state index in [1.54, 1.807) is 17.5 Å². The molecule has 152 valence electrons. The first-order valence-electron chi connectivity index (χ1n) is 9.65. The average Bonchev–Trinajstić information content (AvgIpc) is 3.35. The van der Waals surface area contributed by atoms with Crippen LogP contribution in [0.5, 0.6) is 0 Å². The van der Waals surface area contributed by atoms with Gasteiger partial charge in [-0.05, 0) is 23.9 Å². The lowest BCUT2D eigenvalue weighted by atomic mass is 10.3. The highest BCUT2D eigenvalue weighted by Crippen LogP contribution is 2.24. The molecule has 1 amide bonds. The Bertz CT molecular complexity index is 942. The number of aryl methyl sites for hydroxylation is 1. The van der Waals surface area contributed by atoms with Gasteiger partial charge in [0.25, 0.3) is 0 Å². The van der Waals surface area contributed by atoms with Crippen molar-refractivity contribution in [2.75, 3.05) is 31.9 Å². The number of aromatic nitrogens is 4. The second-order valence-corrected chi connectivity index (χ2v) is 8.85. The predicted molar refractivity (Wildman–Crippen MR) is 116 cm³/mol. The zero-order valence-corrected chi connectivity index (χ0v) is 18.0. The first-order valence-corrected chi connectivity index (χ1v) is 11.5. The summed E-state index contributed by atoms with van der Waals surface area (Å²) in [7, 11) is 2.02. The molecule has 4 rings (SSSR count). The van der Waals surface area contributed by atoms with E-state index in [1.807, 2.05) is 47.9 Å². The molecule has 1 fully saturated rings. The highest BCUT2D eigenvalue weighted by Gasteiger charge is 2.20. The monoisotopic (exact) mass is 428 g/mol. The van der Waals surface area contributed by atoms with Crippen LogP contribution in [0, 0.1) is 0 Å². The number of hydrogen-bond acceptors (Lipinski definition) is 7. The Morgan fingerprint density at radius 1 is 1.17 bits per heavy atom. The van der Waals surface area contributed by atoms with E-state index < -0.39 is 0 Å². The molecule has 4 heterocycles. The lowest BCUT2D eigenvalue weighted by molar-refractivity contribution is -0.128. The number of rotatable bonds is 6. The molecular weight excluding hydrogens is 404 g/mol. The molecule has 7 nitrogen and oxygen atoms in total. The fourth-order valence-corrected chi connectivity index (χ4v) is 4.75. The number of thioether (sulfide) groups is 1. The number of thiophene rings is 1. The van der Waals surface area contributed by atoms with E-state index >= 15 is 0 Å². The molecule has 1 aliphatic rings. The van der Waals surface area contributed by atoms with Gasteiger partial charge in [-0.1, -0.05) is 17.8 Å². The van der Waals surface area contributed by atoms with E-state index in [-0.39, 0.29) is 5.91 Å². The van der Waals surface area contributed by atoms with Gasteiger partial charge < -0.3 is 9.47 Å². The first kappa shape index (κ1) is 20.1. The van der Waals surface area contributed by atoms with E-state index in [9.17, 15) is 4.79 Å². The minimum Gasteiger partial charge on any atom is -0.341 e. The van der Waals surface area contributed by atoms with Gasteiger partial charge in [0.2, 0.25) is 5.91 Å². The summed E-state index contributed by atoms with van der Waals surface area (Å²) in [5.41, 5.74) is 0.907. The third-order valence-electron chi connectivity index (χ3n) is 4.96. The standard InChI is InChI=1S/C20H24N6OS2/c1-24-10-7-21-18(24)14-25-8-3-9-26(12-11-25)19(27)15-29-20-22-6-5-16(23-20)17-4-2-13-28-17/h2,4-7,10,13H,3,8-9,11-12,14-15H2,1H3. The van der Waals surface area contributed by atoms with E-state index in [2.05, 4.69) is 24.4 Å². The van der Waals surface area contributed by atoms with Crippen LogP contribution in [0.2, 0.25) is 0 Å². The third-order valence-corrected chi connectivity index (χ3v) is 6.70. The Morgan fingerprint density at radius 2 is 2.10 bits per heavy atom. The fourth-order valence-electron chi connectivity index (χ4n) is 3.32. The van der Waals surface area contributed by atoms with Crippen molar-refractivity contribution in [3.8, 4) is 10.6 Å². The van der Waals surface area contributed by atoms with Gasteiger partial charge in [0.15, 0.2) is 5.16 Å². The average molecular weight is 429 g/mol. The van der Waals surface area contributed by atoms with Crippen molar-refractivity contribution in [2.45, 2.75) is 18.1 Å². The second-order valence-electron chi connectivity index (χ2n) is 6.96. The number of carbonyl (C=O) groups excluding carboxylic acids is 1. The zero-order valence-electron chi connectivity index (χ0n) is 16.4. The Labute approximate surface area is 178 Å². The Hall–Kier alpha value is -2.23. The summed E-state index contributed by atoms with van der Waals surface area (Å²) < 4.78 is 2.05. The minimum absolute atomic E-state index is 0.152. The molecule has 1 aliphatic heterocycles. The van der Waals surface area contributed by atoms with Crippen LogP contribution in [-0.2, 0) is 18.4 Å². The van der Waals surface area contributed by atoms with Crippen LogP contribution in [0.4, 0.5) is 0 Å². The van der Waals surface area contributed by atoms with E-state index in [1.165, 1.54) is 11.8 Å². The van der Waals surface area contributed by atoms with E-state index in [4.69, 9.17) is 0 Å². The molecule has 0 spiro atoms. The molecule has 0 bridgehead atoms. The van der Waals surface area contributed by atoms with Crippen molar-refractivity contribution in [1.82, 2.24) is 29.3 Å². The van der Waals surface area contributed by atoms with Crippen molar-refractivity contribution in [3.05, 3.63) is 48.0 Å². The number of nitrogens with zero attached hydrogens (tertiary/aromatic N) is 6. The summed E-state index contributed by atoms with van der Waals surface area (Å²) in [5, 5.41) is 2.68. The van der Waals surface area contributed by atoms with Crippen LogP contribution >= 0.6 is 23.1 Å². The quantitative estimate of drug-likeness (QED) is 0.444. The predicted octanol–water partition coefficient (Wildman–Crippen LogP) is 2.77. The molecule has 29 heavy (non-hydrogen) atoms. The first-order chi connectivity index (χ1) is 14.2. The molecule has 0 saturated carbocycles. The van der Waals surface area contributed by atoms with Gasteiger partial charge in [0.05, 0.1) is 22.9 Å². The number of carbonyl (C=O) groups is 1. The fraction of sp³-hybridized carbons (Fsp3) is 0.400. The third kappa shape index (κ3) is 5.23. The lowest BCUT2D eigenvalue weighted by Crippen LogP contribution is -2.36. The maximum absolute atomic E-state index is 12.7. The lowest BCUT2D eigenvalue weighted by Gasteiger charge is -2.21. The van der Waals surface area contributed by atoms with Crippen molar-refractivity contribution < 1.29 is 4.79 Å². The van der Waals surface area contributed by atoms with Gasteiger partial charge in [-0.25, -0.2) is 15.0 Å². The van der Waals surface area contributed by atoms with Crippen molar-refractivity contribution in [1.29, 1.82) is 0 Å². The molecule has 0 atom stereocenters. The molecule has 0 aromatic carbocycles. The molecule has 0 aliphatic carbocycles. The van der Waals surface area contributed by atoms with Gasteiger partial charge in [0.1, 0.15) is 5.82 Å². The van der Waals surface area contributed by atoms with Gasteiger partial charge in [-0.2, -0.15) is 0 Å². The second kappa shape index (κ2) is 9.51. The molecular formula is C20H24N6OS2. The van der Waals surface area contributed by atoms with Crippen LogP contribution < -0.4 is 0 Å². The maximum atomic E-state index is 12.7. The maximum Gasteiger partial charge on any atom is 0.233 e. The number of amides is 1. The summed E-state index contributed by atoms with van der Waals surface area (Å²) in [6.07, 6.45) is 6.53. The Balaban J connectivity index is 1.29. The topological polar surface area (TPSA) is 67.2 Å². The van der Waals surface area contributed by atoms with Gasteiger partial charge >= 0.3 is 0 Å². The highest BCUT2D eigenvalue weighted by atomic mass is 32.2. The summed E-state index contributed by atoms with van der Waals surface area (Å²) in [6, 6.07) is 5.96. The van der Waals surface area contributed by atoms with Crippen LogP contribution in [0.1, 0.15) is 12.2 Å². The zero-order chi connectivity index (χ0) is 20.1. The number of hydrogen-bond donors (Lipinski definition) is 0. The van der Waals surface area contributed by atoms with Crippen molar-refractivity contribution in [3.63, 3.8) is 0 Å². The minimum atomic E-state index is 0.152. The SMILES string of the molecule is Cn1ccnc1CN1CCCN(C(=O)CSc2nccc(-c3cccs3)n2)CC1. The normalized spacial score (nSPS) is 15.4. The highest BCUT2D eigenvalue weighted by molar-refractivity contribution is 7.99. The molecule has 9 heteroatoms. The van der Waals surface area contributed by atoms with Crippen LogP contribution in [0.15, 0.2) is 47.3 Å². The molecule has 0 N–H and O–H groups in total. The summed E-state index contributed by atoms with van der Waals surface area (Å²) >= 11 is 3.06. The summed E-state index contributed by atoms with van der Waals surface area (Å²) in [4.78, 5) is 31.5. The van der Waals surface area contributed by atoms with Crippen molar-refractivity contribution in [2.24, 2.45) is 7.05 Å². The van der Waals surface area contributed by atoms with Gasteiger partial charge in [-0.15, -0.1) is 11.3 Å². The molecule has 0 unspecified atom stereocenters. The van der Waals surface area contributed by atoms with Crippen LogP contribution in [0.25, 0.3) is 10.6 Å².